The Balaban J connectivity index is 2.41. The van der Waals surface area contributed by atoms with Gasteiger partial charge in [-0.3, -0.25) is 14.8 Å². The first-order chi connectivity index (χ1) is 13.6. The quantitative estimate of drug-likeness (QED) is 0.365. The zero-order chi connectivity index (χ0) is 21.8. The maximum absolute atomic E-state index is 13.0. The summed E-state index contributed by atoms with van der Waals surface area (Å²) in [6, 6.07) is 10.2. The molecular formula is C20H27N3O5S. The highest BCUT2D eigenvalue weighted by Crippen LogP contribution is 2.30. The average Bonchev–Trinajstić information content (AvgIpc) is 2.65. The first-order valence-corrected chi connectivity index (χ1v) is 10.7. The van der Waals surface area contributed by atoms with Crippen LogP contribution in [-0.2, 0) is 19.6 Å². The van der Waals surface area contributed by atoms with Gasteiger partial charge in [-0.25, -0.2) is 18.2 Å². The molecule has 2 N–H and O–H groups in total. The summed E-state index contributed by atoms with van der Waals surface area (Å²) in [4.78, 5) is 25.3. The second-order valence-electron chi connectivity index (χ2n) is 7.55. The van der Waals surface area contributed by atoms with E-state index >= 15 is 0 Å². The summed E-state index contributed by atoms with van der Waals surface area (Å²) in [5.74, 6) is -1.57. The van der Waals surface area contributed by atoms with Crippen LogP contribution in [0.15, 0.2) is 41.3 Å². The number of nitrogens with one attached hydrogen (secondary N) is 1. The largest absolute Gasteiger partial charge is 0.377 e. The standard InChI is InChI=1S/C20H27N3O5S/c1-14(2)11-15(12-23(26)13-24)20(25)21-29(27,28)19-10-6-7-16-17(19)8-5-9-18(16)22(3)4/h5-10,13-15,26H,11-12H2,1-4H3,(H,21,25). The Labute approximate surface area is 171 Å². The third-order valence-electron chi connectivity index (χ3n) is 4.52. The van der Waals surface area contributed by atoms with Crippen molar-refractivity contribution >= 4 is 38.8 Å². The third kappa shape index (κ3) is 5.45. The lowest BCUT2D eigenvalue weighted by Crippen LogP contribution is -2.41. The number of amides is 2. The highest BCUT2D eigenvalue weighted by Gasteiger charge is 2.28. The highest BCUT2D eigenvalue weighted by atomic mass is 32.2. The number of fused-ring (bicyclic) bond motifs is 1. The number of anilines is 1. The number of carbonyl (C=O) groups is 2. The van der Waals surface area contributed by atoms with Crippen LogP contribution >= 0.6 is 0 Å². The van der Waals surface area contributed by atoms with Gasteiger partial charge in [0.15, 0.2) is 0 Å². The van der Waals surface area contributed by atoms with E-state index in [1.54, 1.807) is 18.2 Å². The van der Waals surface area contributed by atoms with Crippen molar-refractivity contribution in [2.75, 3.05) is 25.5 Å². The maximum Gasteiger partial charge on any atom is 0.264 e. The summed E-state index contributed by atoms with van der Waals surface area (Å²) >= 11 is 0. The molecule has 0 saturated carbocycles. The molecule has 1 unspecified atom stereocenters. The van der Waals surface area contributed by atoms with Gasteiger partial charge in [-0.1, -0.05) is 38.1 Å². The minimum atomic E-state index is -4.16. The molecular weight excluding hydrogens is 394 g/mol. The average molecular weight is 422 g/mol. The van der Waals surface area contributed by atoms with Gasteiger partial charge < -0.3 is 4.90 Å². The summed E-state index contributed by atoms with van der Waals surface area (Å²) in [5, 5.41) is 11.0. The molecule has 158 valence electrons. The molecule has 0 heterocycles. The van der Waals surface area contributed by atoms with Crippen LogP contribution in [-0.4, -0.2) is 51.6 Å². The van der Waals surface area contributed by atoms with Gasteiger partial charge in [0, 0.05) is 30.6 Å². The molecule has 2 aromatic rings. The Kier molecular flexibility index (Phi) is 7.21. The van der Waals surface area contributed by atoms with E-state index in [4.69, 9.17) is 0 Å². The lowest BCUT2D eigenvalue weighted by atomic mass is 9.96. The topological polar surface area (TPSA) is 107 Å². The van der Waals surface area contributed by atoms with E-state index in [0.29, 0.717) is 16.9 Å². The number of carbonyl (C=O) groups excluding carboxylic acids is 2. The van der Waals surface area contributed by atoms with E-state index in [1.807, 2.05) is 45.0 Å². The third-order valence-corrected chi connectivity index (χ3v) is 5.93. The van der Waals surface area contributed by atoms with Crippen LogP contribution in [0.3, 0.4) is 0 Å². The normalized spacial score (nSPS) is 12.6. The van der Waals surface area contributed by atoms with Crippen molar-refractivity contribution in [3.05, 3.63) is 36.4 Å². The van der Waals surface area contributed by atoms with Crippen molar-refractivity contribution < 1.29 is 23.2 Å². The molecule has 9 heteroatoms. The van der Waals surface area contributed by atoms with Crippen molar-refractivity contribution in [1.29, 1.82) is 0 Å². The predicted molar refractivity (Wildman–Crippen MR) is 111 cm³/mol. The smallest absolute Gasteiger partial charge is 0.264 e. The van der Waals surface area contributed by atoms with Gasteiger partial charge in [-0.05, 0) is 24.5 Å². The van der Waals surface area contributed by atoms with Gasteiger partial charge in [0.2, 0.25) is 12.3 Å². The molecule has 2 amide bonds. The number of hydroxylamine groups is 2. The number of hydrogen-bond donors (Lipinski definition) is 2. The summed E-state index contributed by atoms with van der Waals surface area (Å²) in [6.07, 6.45) is 0.495. The van der Waals surface area contributed by atoms with E-state index < -0.39 is 21.8 Å². The lowest BCUT2D eigenvalue weighted by molar-refractivity contribution is -0.154. The zero-order valence-corrected chi connectivity index (χ0v) is 17.8. The lowest BCUT2D eigenvalue weighted by Gasteiger charge is -2.21. The first-order valence-electron chi connectivity index (χ1n) is 9.23. The van der Waals surface area contributed by atoms with Gasteiger partial charge in [-0.15, -0.1) is 0 Å². The predicted octanol–water partition coefficient (Wildman–Crippen LogP) is 2.22. The molecule has 0 aliphatic carbocycles. The van der Waals surface area contributed by atoms with Crippen molar-refractivity contribution in [1.82, 2.24) is 9.79 Å². The SMILES string of the molecule is CC(C)CC(CN(O)C=O)C(=O)NS(=O)(=O)c1cccc2c(N(C)C)cccc12. The van der Waals surface area contributed by atoms with Gasteiger partial charge in [0.05, 0.1) is 17.4 Å². The van der Waals surface area contributed by atoms with E-state index in [9.17, 15) is 23.2 Å². The summed E-state index contributed by atoms with van der Waals surface area (Å²) in [5.41, 5.74) is 0.852. The fraction of sp³-hybridized carbons (Fsp3) is 0.400. The van der Waals surface area contributed by atoms with Crippen LogP contribution in [0.5, 0.6) is 0 Å². The van der Waals surface area contributed by atoms with E-state index in [1.165, 1.54) is 6.07 Å². The maximum atomic E-state index is 13.0. The minimum absolute atomic E-state index is 0.00779. The fourth-order valence-corrected chi connectivity index (χ4v) is 4.53. The Morgan fingerprint density at radius 2 is 1.76 bits per heavy atom. The molecule has 0 aliphatic heterocycles. The minimum Gasteiger partial charge on any atom is -0.377 e. The van der Waals surface area contributed by atoms with Crippen LogP contribution < -0.4 is 9.62 Å². The molecule has 0 spiro atoms. The van der Waals surface area contributed by atoms with Gasteiger partial charge in [-0.2, -0.15) is 0 Å². The van der Waals surface area contributed by atoms with Gasteiger partial charge >= 0.3 is 0 Å². The number of benzene rings is 2. The van der Waals surface area contributed by atoms with Crippen molar-refractivity contribution in [2.24, 2.45) is 11.8 Å². The van der Waals surface area contributed by atoms with Crippen LogP contribution in [0, 0.1) is 11.8 Å². The van der Waals surface area contributed by atoms with Gasteiger partial charge in [0.25, 0.3) is 10.0 Å². The van der Waals surface area contributed by atoms with Gasteiger partial charge in [0.1, 0.15) is 0 Å². The molecule has 8 nitrogen and oxygen atoms in total. The van der Waals surface area contributed by atoms with E-state index in [-0.39, 0.29) is 23.8 Å². The molecule has 0 bridgehead atoms. The van der Waals surface area contributed by atoms with Crippen LogP contribution in [0.2, 0.25) is 0 Å². The second kappa shape index (κ2) is 9.23. The molecule has 1 atom stereocenters. The van der Waals surface area contributed by atoms with Crippen LogP contribution in [0.4, 0.5) is 5.69 Å². The van der Waals surface area contributed by atoms with Crippen molar-refractivity contribution in [2.45, 2.75) is 25.2 Å². The Hall–Kier alpha value is -2.65. The molecule has 0 radical (unpaired) electrons. The van der Waals surface area contributed by atoms with Crippen LogP contribution in [0.1, 0.15) is 20.3 Å². The summed E-state index contributed by atoms with van der Waals surface area (Å²) in [6.45, 7) is 3.44. The molecule has 0 fully saturated rings. The van der Waals surface area contributed by atoms with Crippen molar-refractivity contribution in [3.8, 4) is 0 Å². The Morgan fingerprint density at radius 3 is 2.34 bits per heavy atom. The fourth-order valence-electron chi connectivity index (χ4n) is 3.26. The molecule has 0 aromatic heterocycles. The first kappa shape index (κ1) is 22.6. The van der Waals surface area contributed by atoms with E-state index in [0.717, 1.165) is 11.1 Å². The molecule has 2 rings (SSSR count). The van der Waals surface area contributed by atoms with E-state index in [2.05, 4.69) is 4.72 Å². The highest BCUT2D eigenvalue weighted by molar-refractivity contribution is 7.90. The monoisotopic (exact) mass is 421 g/mol. The van der Waals surface area contributed by atoms with Crippen molar-refractivity contribution in [3.63, 3.8) is 0 Å². The molecule has 2 aromatic carbocycles. The zero-order valence-electron chi connectivity index (χ0n) is 17.0. The Morgan fingerprint density at radius 1 is 1.14 bits per heavy atom. The number of rotatable bonds is 9. The van der Waals surface area contributed by atoms with Crippen LogP contribution in [0.25, 0.3) is 10.8 Å². The number of hydrogen-bond acceptors (Lipinski definition) is 6. The molecule has 29 heavy (non-hydrogen) atoms. The summed E-state index contributed by atoms with van der Waals surface area (Å²) in [7, 11) is -0.432. The molecule has 0 saturated heterocycles. The molecule has 0 aliphatic rings. The summed E-state index contributed by atoms with van der Waals surface area (Å²) < 4.78 is 28.1. The number of sulfonamides is 1. The second-order valence-corrected chi connectivity index (χ2v) is 9.20. The number of nitrogens with zero attached hydrogens (tertiary/aromatic N) is 2. The Bertz CT molecular complexity index is 989.